The Morgan fingerprint density at radius 2 is 2.18 bits per heavy atom. The number of nitrogens with one attached hydrogen (secondary N) is 1. The van der Waals surface area contributed by atoms with E-state index >= 15 is 0 Å². The van der Waals surface area contributed by atoms with Gasteiger partial charge in [-0.1, -0.05) is 6.92 Å². The molecule has 2 saturated heterocycles. The molecule has 3 heterocycles. The summed E-state index contributed by atoms with van der Waals surface area (Å²) in [6.45, 7) is 1.79. The van der Waals surface area contributed by atoms with Crippen LogP contribution >= 0.6 is 0 Å². The summed E-state index contributed by atoms with van der Waals surface area (Å²) in [5, 5.41) is 3.15. The Labute approximate surface area is 127 Å². The summed E-state index contributed by atoms with van der Waals surface area (Å²) in [7, 11) is 2.72. The van der Waals surface area contributed by atoms with Crippen molar-refractivity contribution in [2.24, 2.45) is 11.8 Å². The number of carbonyl (C=O) groups excluding carboxylic acids is 3. The molecule has 1 N–H and O–H groups in total. The number of furan rings is 1. The fourth-order valence-electron chi connectivity index (χ4n) is 3.70. The standard InChI is InChI=1S/C15H18N2O5/c1-4-15(14(20)21-3)10-9(12(18)17(2)13(10)19)11(16-15)8-6-5-7-22-8/h5-7,9-11,16H,4H2,1-3H3/t9-,10-,11+,15-/m0/s1. The second-order valence-corrected chi connectivity index (χ2v) is 5.69. The van der Waals surface area contributed by atoms with E-state index in [1.807, 2.05) is 0 Å². The topological polar surface area (TPSA) is 88.8 Å². The summed E-state index contributed by atoms with van der Waals surface area (Å²) in [4.78, 5) is 38.5. The summed E-state index contributed by atoms with van der Waals surface area (Å²) >= 11 is 0. The number of esters is 1. The molecule has 2 aliphatic heterocycles. The van der Waals surface area contributed by atoms with Gasteiger partial charge in [-0.3, -0.25) is 24.6 Å². The molecule has 1 aromatic heterocycles. The molecule has 2 fully saturated rings. The van der Waals surface area contributed by atoms with Gasteiger partial charge in [0.1, 0.15) is 11.3 Å². The SMILES string of the molecule is CC[C@]1(C(=O)OC)N[C@H](c2ccco2)[C@H]2C(=O)N(C)C(=O)[C@H]21. The van der Waals surface area contributed by atoms with Gasteiger partial charge in [-0.15, -0.1) is 0 Å². The van der Waals surface area contributed by atoms with Crippen LogP contribution in [0.2, 0.25) is 0 Å². The molecule has 3 rings (SSSR count). The monoisotopic (exact) mass is 306 g/mol. The molecule has 1 aromatic rings. The number of amides is 2. The highest BCUT2D eigenvalue weighted by atomic mass is 16.5. The number of hydrogen-bond acceptors (Lipinski definition) is 6. The summed E-state index contributed by atoms with van der Waals surface area (Å²) in [6.07, 6.45) is 1.84. The van der Waals surface area contributed by atoms with E-state index in [9.17, 15) is 14.4 Å². The first kappa shape index (κ1) is 14.8. The second kappa shape index (κ2) is 4.95. The second-order valence-electron chi connectivity index (χ2n) is 5.69. The molecule has 2 aliphatic rings. The van der Waals surface area contributed by atoms with Gasteiger partial charge in [-0.2, -0.15) is 0 Å². The van der Waals surface area contributed by atoms with Gasteiger partial charge < -0.3 is 9.15 Å². The number of nitrogens with zero attached hydrogens (tertiary/aromatic N) is 1. The lowest BCUT2D eigenvalue weighted by atomic mass is 9.78. The zero-order chi connectivity index (χ0) is 16.1. The predicted octanol–water partition coefficient (Wildman–Crippen LogP) is 0.477. The maximum Gasteiger partial charge on any atom is 0.326 e. The first-order chi connectivity index (χ1) is 10.5. The van der Waals surface area contributed by atoms with Gasteiger partial charge in [0.25, 0.3) is 0 Å². The normalized spacial score (nSPS) is 34.1. The van der Waals surface area contributed by atoms with E-state index in [0.29, 0.717) is 12.2 Å². The number of carbonyl (C=O) groups is 3. The Balaban J connectivity index is 2.13. The van der Waals surface area contributed by atoms with Gasteiger partial charge in [-0.05, 0) is 18.6 Å². The maximum absolute atomic E-state index is 12.5. The van der Waals surface area contributed by atoms with Crippen LogP contribution in [0.25, 0.3) is 0 Å². The van der Waals surface area contributed by atoms with Crippen LogP contribution < -0.4 is 5.32 Å². The molecular weight excluding hydrogens is 288 g/mol. The predicted molar refractivity (Wildman–Crippen MR) is 74.4 cm³/mol. The molecule has 0 spiro atoms. The van der Waals surface area contributed by atoms with Crippen molar-refractivity contribution in [2.45, 2.75) is 24.9 Å². The van der Waals surface area contributed by atoms with Gasteiger partial charge >= 0.3 is 5.97 Å². The van der Waals surface area contributed by atoms with Gasteiger partial charge in [-0.25, -0.2) is 0 Å². The zero-order valence-corrected chi connectivity index (χ0v) is 12.7. The molecule has 0 aliphatic carbocycles. The number of ether oxygens (including phenoxy) is 1. The third kappa shape index (κ3) is 1.68. The Bertz CT molecular complexity index is 626. The van der Waals surface area contributed by atoms with Crippen LogP contribution in [0.3, 0.4) is 0 Å². The van der Waals surface area contributed by atoms with Gasteiger partial charge in [0.2, 0.25) is 11.8 Å². The van der Waals surface area contributed by atoms with E-state index in [1.54, 1.807) is 19.1 Å². The third-order valence-corrected chi connectivity index (χ3v) is 4.83. The number of methoxy groups -OCH3 is 1. The lowest BCUT2D eigenvalue weighted by Crippen LogP contribution is -2.55. The number of hydrogen-bond donors (Lipinski definition) is 1. The maximum atomic E-state index is 12.5. The quantitative estimate of drug-likeness (QED) is 0.645. The first-order valence-electron chi connectivity index (χ1n) is 7.19. The van der Waals surface area contributed by atoms with Crippen molar-refractivity contribution in [1.82, 2.24) is 10.2 Å². The van der Waals surface area contributed by atoms with Crippen molar-refractivity contribution < 1.29 is 23.5 Å². The Kier molecular flexibility index (Phi) is 3.32. The fraction of sp³-hybridized carbons (Fsp3) is 0.533. The van der Waals surface area contributed by atoms with Gasteiger partial charge in [0.15, 0.2) is 0 Å². The molecule has 22 heavy (non-hydrogen) atoms. The van der Waals surface area contributed by atoms with Crippen molar-refractivity contribution in [3.8, 4) is 0 Å². The van der Waals surface area contributed by atoms with E-state index in [4.69, 9.17) is 9.15 Å². The summed E-state index contributed by atoms with van der Waals surface area (Å²) in [6, 6.07) is 2.91. The van der Waals surface area contributed by atoms with Crippen molar-refractivity contribution in [1.29, 1.82) is 0 Å². The fourth-order valence-corrected chi connectivity index (χ4v) is 3.70. The molecular formula is C15H18N2O5. The van der Waals surface area contributed by atoms with Crippen LogP contribution in [0, 0.1) is 11.8 Å². The minimum Gasteiger partial charge on any atom is -0.468 e. The Morgan fingerprint density at radius 1 is 1.45 bits per heavy atom. The van der Waals surface area contributed by atoms with Crippen molar-refractivity contribution in [3.05, 3.63) is 24.2 Å². The number of imide groups is 1. The van der Waals surface area contributed by atoms with Gasteiger partial charge in [0, 0.05) is 7.05 Å². The molecule has 118 valence electrons. The minimum atomic E-state index is -1.21. The first-order valence-corrected chi connectivity index (χ1v) is 7.19. The average Bonchev–Trinajstić information content (AvgIpc) is 3.21. The molecule has 7 heteroatoms. The molecule has 4 atom stereocenters. The van der Waals surface area contributed by atoms with Crippen molar-refractivity contribution in [3.63, 3.8) is 0 Å². The van der Waals surface area contributed by atoms with Crippen LogP contribution in [-0.4, -0.2) is 42.4 Å². The van der Waals surface area contributed by atoms with E-state index in [1.165, 1.54) is 20.4 Å². The zero-order valence-electron chi connectivity index (χ0n) is 12.7. The van der Waals surface area contributed by atoms with E-state index < -0.39 is 29.4 Å². The molecule has 0 radical (unpaired) electrons. The van der Waals surface area contributed by atoms with E-state index in [2.05, 4.69) is 5.32 Å². The van der Waals surface area contributed by atoms with Crippen LogP contribution in [0.15, 0.2) is 22.8 Å². The average molecular weight is 306 g/mol. The van der Waals surface area contributed by atoms with Crippen LogP contribution in [0.1, 0.15) is 25.1 Å². The molecule has 0 bridgehead atoms. The third-order valence-electron chi connectivity index (χ3n) is 4.83. The molecule has 0 aromatic carbocycles. The highest BCUT2D eigenvalue weighted by Crippen LogP contribution is 2.49. The Morgan fingerprint density at radius 3 is 2.73 bits per heavy atom. The Hall–Kier alpha value is -2.15. The smallest absolute Gasteiger partial charge is 0.326 e. The highest BCUT2D eigenvalue weighted by molar-refractivity contribution is 6.09. The lowest BCUT2D eigenvalue weighted by molar-refractivity contribution is -0.154. The number of rotatable bonds is 3. The molecule has 0 saturated carbocycles. The van der Waals surface area contributed by atoms with Crippen molar-refractivity contribution in [2.75, 3.05) is 14.2 Å². The lowest BCUT2D eigenvalue weighted by Gasteiger charge is -2.30. The number of likely N-dealkylation sites (tertiary alicyclic amines) is 1. The highest BCUT2D eigenvalue weighted by Gasteiger charge is 2.68. The van der Waals surface area contributed by atoms with Crippen LogP contribution in [0.5, 0.6) is 0 Å². The minimum absolute atomic E-state index is 0.303. The summed E-state index contributed by atoms with van der Waals surface area (Å²) in [5.41, 5.74) is -1.21. The van der Waals surface area contributed by atoms with E-state index in [-0.39, 0.29) is 11.8 Å². The largest absolute Gasteiger partial charge is 0.468 e. The summed E-state index contributed by atoms with van der Waals surface area (Å²) in [5.74, 6) is -2.10. The molecule has 2 amide bonds. The van der Waals surface area contributed by atoms with Crippen LogP contribution in [-0.2, 0) is 19.1 Å². The molecule has 7 nitrogen and oxygen atoms in total. The van der Waals surface area contributed by atoms with Crippen LogP contribution in [0.4, 0.5) is 0 Å². The van der Waals surface area contributed by atoms with E-state index in [0.717, 1.165) is 4.90 Å². The molecule has 0 unspecified atom stereocenters. The number of fused-ring (bicyclic) bond motifs is 1. The van der Waals surface area contributed by atoms with Crippen molar-refractivity contribution >= 4 is 17.8 Å². The summed E-state index contributed by atoms with van der Waals surface area (Å²) < 4.78 is 10.3. The van der Waals surface area contributed by atoms with Gasteiger partial charge in [0.05, 0.1) is 31.3 Å².